The zero-order chi connectivity index (χ0) is 10.1. The molecular weight excluding hydrogens is 200 g/mol. The van der Waals surface area contributed by atoms with Crippen molar-refractivity contribution in [2.24, 2.45) is 0 Å². The van der Waals surface area contributed by atoms with Crippen LogP contribution in [0.2, 0.25) is 0 Å². The van der Waals surface area contributed by atoms with E-state index in [4.69, 9.17) is 5.11 Å². The zero-order valence-corrected chi connectivity index (χ0v) is 8.75. The first-order chi connectivity index (χ1) is 6.68. The van der Waals surface area contributed by atoms with Crippen LogP contribution < -0.4 is 4.90 Å². The van der Waals surface area contributed by atoms with Crippen molar-refractivity contribution in [1.29, 1.82) is 0 Å². The Labute approximate surface area is 86.2 Å². The third-order valence-corrected chi connectivity index (χ3v) is 3.39. The normalized spacial score (nSPS) is 21.5. The molecule has 1 atom stereocenters. The molecule has 0 spiro atoms. The van der Waals surface area contributed by atoms with Crippen LogP contribution in [0.5, 0.6) is 0 Å². The fraction of sp³-hybridized carbons (Fsp3) is 0.556. The molecular formula is C9H12N2O2S. The van der Waals surface area contributed by atoms with Crippen LogP contribution in [0.3, 0.4) is 0 Å². The van der Waals surface area contributed by atoms with E-state index < -0.39 is 5.97 Å². The third-order valence-electron chi connectivity index (χ3n) is 2.39. The van der Waals surface area contributed by atoms with E-state index in [9.17, 15) is 4.79 Å². The monoisotopic (exact) mass is 212 g/mol. The lowest BCUT2D eigenvalue weighted by Crippen LogP contribution is -2.35. The molecule has 1 aliphatic rings. The number of anilines is 1. The topological polar surface area (TPSA) is 53.4 Å². The van der Waals surface area contributed by atoms with Gasteiger partial charge in [-0.2, -0.15) is 0 Å². The van der Waals surface area contributed by atoms with E-state index in [0.717, 1.165) is 30.2 Å². The lowest BCUT2D eigenvalue weighted by Gasteiger charge is -2.19. The molecule has 0 saturated carbocycles. The molecule has 0 aromatic carbocycles. The second-order valence-corrected chi connectivity index (χ2v) is 4.30. The van der Waals surface area contributed by atoms with Gasteiger partial charge in [0.15, 0.2) is 5.13 Å². The molecule has 1 saturated heterocycles. The Morgan fingerprint density at radius 2 is 2.57 bits per heavy atom. The number of carbonyl (C=O) groups is 1. The second-order valence-electron chi connectivity index (χ2n) is 3.46. The maximum atomic E-state index is 10.9. The number of aryl methyl sites for hydroxylation is 1. The minimum atomic E-state index is -0.740. The molecule has 0 radical (unpaired) electrons. The number of thiazole rings is 1. The SMILES string of the molecule is Cc1csc(N2CCCC2C(=O)O)n1. The lowest BCUT2D eigenvalue weighted by molar-refractivity contribution is -0.138. The largest absolute Gasteiger partial charge is 0.480 e. The number of aliphatic carboxylic acids is 1. The van der Waals surface area contributed by atoms with E-state index in [1.165, 1.54) is 11.3 Å². The standard InChI is InChI=1S/C9H12N2O2S/c1-6-5-14-9(10-6)11-4-2-3-7(11)8(12)13/h5,7H,2-4H2,1H3,(H,12,13). The number of hydrogen-bond donors (Lipinski definition) is 1. The van der Waals surface area contributed by atoms with Gasteiger partial charge in [-0.3, -0.25) is 0 Å². The molecule has 14 heavy (non-hydrogen) atoms. The minimum Gasteiger partial charge on any atom is -0.480 e. The summed E-state index contributed by atoms with van der Waals surface area (Å²) in [6.45, 7) is 2.73. The summed E-state index contributed by atoms with van der Waals surface area (Å²) in [4.78, 5) is 17.1. The maximum absolute atomic E-state index is 10.9. The molecule has 2 heterocycles. The van der Waals surface area contributed by atoms with Crippen LogP contribution in [0.15, 0.2) is 5.38 Å². The number of carboxylic acids is 1. The van der Waals surface area contributed by atoms with Gasteiger partial charge >= 0.3 is 5.97 Å². The van der Waals surface area contributed by atoms with Crippen LogP contribution in [0, 0.1) is 6.92 Å². The highest BCUT2D eigenvalue weighted by atomic mass is 32.1. The fourth-order valence-electron chi connectivity index (χ4n) is 1.73. The summed E-state index contributed by atoms with van der Waals surface area (Å²) in [5.41, 5.74) is 0.959. The van der Waals surface area contributed by atoms with E-state index in [1.807, 2.05) is 17.2 Å². The van der Waals surface area contributed by atoms with Crippen LogP contribution >= 0.6 is 11.3 Å². The number of rotatable bonds is 2. The van der Waals surface area contributed by atoms with Gasteiger partial charge in [0.2, 0.25) is 0 Å². The van der Waals surface area contributed by atoms with Crippen LogP contribution in [0.1, 0.15) is 18.5 Å². The van der Waals surface area contributed by atoms with Gasteiger partial charge in [0, 0.05) is 11.9 Å². The first-order valence-electron chi connectivity index (χ1n) is 4.60. The van der Waals surface area contributed by atoms with Crippen molar-refractivity contribution in [3.05, 3.63) is 11.1 Å². The molecule has 1 fully saturated rings. The van der Waals surface area contributed by atoms with Gasteiger partial charge in [-0.25, -0.2) is 9.78 Å². The third kappa shape index (κ3) is 1.59. The Bertz CT molecular complexity index is 350. The molecule has 1 aromatic heterocycles. The van der Waals surface area contributed by atoms with Crippen molar-refractivity contribution in [2.45, 2.75) is 25.8 Å². The number of hydrogen-bond acceptors (Lipinski definition) is 4. The Hall–Kier alpha value is -1.10. The molecule has 76 valence electrons. The summed E-state index contributed by atoms with van der Waals surface area (Å²) in [6, 6.07) is -0.374. The lowest BCUT2D eigenvalue weighted by atomic mass is 10.2. The Balaban J connectivity index is 2.21. The summed E-state index contributed by atoms with van der Waals surface area (Å²) < 4.78 is 0. The van der Waals surface area contributed by atoms with Gasteiger partial charge in [0.25, 0.3) is 0 Å². The summed E-state index contributed by atoms with van der Waals surface area (Å²) in [7, 11) is 0. The molecule has 2 rings (SSSR count). The highest BCUT2D eigenvalue weighted by Gasteiger charge is 2.31. The molecule has 1 unspecified atom stereocenters. The average Bonchev–Trinajstić information content (AvgIpc) is 2.70. The van der Waals surface area contributed by atoms with Crippen molar-refractivity contribution < 1.29 is 9.90 Å². The summed E-state index contributed by atoms with van der Waals surface area (Å²) in [5.74, 6) is -0.740. The predicted molar refractivity (Wildman–Crippen MR) is 54.9 cm³/mol. The van der Waals surface area contributed by atoms with Gasteiger partial charge < -0.3 is 10.0 Å². The highest BCUT2D eigenvalue weighted by Crippen LogP contribution is 2.28. The smallest absolute Gasteiger partial charge is 0.326 e. The first-order valence-corrected chi connectivity index (χ1v) is 5.48. The number of aromatic nitrogens is 1. The van der Waals surface area contributed by atoms with Crippen LogP contribution in [-0.4, -0.2) is 28.6 Å². The number of nitrogens with zero attached hydrogens (tertiary/aromatic N) is 2. The van der Waals surface area contributed by atoms with Gasteiger partial charge in [-0.15, -0.1) is 11.3 Å². The van der Waals surface area contributed by atoms with Crippen LogP contribution in [-0.2, 0) is 4.79 Å². The molecule has 1 aromatic rings. The van der Waals surface area contributed by atoms with Crippen LogP contribution in [0.25, 0.3) is 0 Å². The zero-order valence-electron chi connectivity index (χ0n) is 7.93. The predicted octanol–water partition coefficient (Wildman–Crippen LogP) is 1.50. The highest BCUT2D eigenvalue weighted by molar-refractivity contribution is 7.13. The maximum Gasteiger partial charge on any atom is 0.326 e. The van der Waals surface area contributed by atoms with Crippen molar-refractivity contribution >= 4 is 22.4 Å². The quantitative estimate of drug-likeness (QED) is 0.807. The fourth-order valence-corrected chi connectivity index (χ4v) is 2.61. The van der Waals surface area contributed by atoms with Gasteiger partial charge in [0.1, 0.15) is 6.04 Å². The van der Waals surface area contributed by atoms with Crippen molar-refractivity contribution in [2.75, 3.05) is 11.4 Å². The van der Waals surface area contributed by atoms with E-state index in [1.54, 1.807) is 0 Å². The minimum absolute atomic E-state index is 0.374. The van der Waals surface area contributed by atoms with E-state index in [-0.39, 0.29) is 6.04 Å². The molecule has 4 nitrogen and oxygen atoms in total. The van der Waals surface area contributed by atoms with E-state index in [2.05, 4.69) is 4.98 Å². The van der Waals surface area contributed by atoms with Gasteiger partial charge in [-0.1, -0.05) is 0 Å². The van der Waals surface area contributed by atoms with Crippen LogP contribution in [0.4, 0.5) is 5.13 Å². The molecule has 1 N–H and O–H groups in total. The average molecular weight is 212 g/mol. The van der Waals surface area contributed by atoms with E-state index >= 15 is 0 Å². The van der Waals surface area contributed by atoms with Gasteiger partial charge in [-0.05, 0) is 19.8 Å². The van der Waals surface area contributed by atoms with E-state index in [0.29, 0.717) is 0 Å². The van der Waals surface area contributed by atoms with Crippen molar-refractivity contribution in [1.82, 2.24) is 4.98 Å². The second kappa shape index (κ2) is 3.57. The van der Waals surface area contributed by atoms with Gasteiger partial charge in [0.05, 0.1) is 5.69 Å². The summed E-state index contributed by atoms with van der Waals surface area (Å²) in [5, 5.41) is 11.8. The molecule has 0 amide bonds. The number of carboxylic acid groups (broad SMARTS) is 1. The summed E-state index contributed by atoms with van der Waals surface area (Å²) in [6.07, 6.45) is 1.67. The molecule has 0 bridgehead atoms. The molecule has 1 aliphatic heterocycles. The molecule has 5 heteroatoms. The van der Waals surface area contributed by atoms with Crippen molar-refractivity contribution in [3.63, 3.8) is 0 Å². The first kappa shape index (κ1) is 9.45. The summed E-state index contributed by atoms with van der Waals surface area (Å²) >= 11 is 1.52. The Morgan fingerprint density at radius 1 is 1.79 bits per heavy atom. The van der Waals surface area contributed by atoms with Crippen molar-refractivity contribution in [3.8, 4) is 0 Å². The Morgan fingerprint density at radius 3 is 3.14 bits per heavy atom. The molecule has 0 aliphatic carbocycles. The Kier molecular flexibility index (Phi) is 2.41.